The summed E-state index contributed by atoms with van der Waals surface area (Å²) < 4.78 is 5.03. The molecule has 2 rings (SSSR count). The molecule has 1 saturated heterocycles. The number of ether oxygens (including phenoxy) is 1. The van der Waals surface area contributed by atoms with Crippen molar-refractivity contribution in [1.29, 1.82) is 0 Å². The van der Waals surface area contributed by atoms with E-state index in [4.69, 9.17) is 4.74 Å². The molecule has 0 saturated carbocycles. The van der Waals surface area contributed by atoms with Crippen LogP contribution in [-0.4, -0.2) is 50.1 Å². The van der Waals surface area contributed by atoms with Crippen molar-refractivity contribution in [3.05, 3.63) is 35.4 Å². The maximum Gasteiger partial charge on any atom is 0.225 e. The van der Waals surface area contributed by atoms with Gasteiger partial charge in [0.2, 0.25) is 11.8 Å². The van der Waals surface area contributed by atoms with Gasteiger partial charge in [0.05, 0.1) is 5.92 Å². The Morgan fingerprint density at radius 3 is 2.54 bits per heavy atom. The number of likely N-dealkylation sites (tertiary alicyclic amines) is 1. The summed E-state index contributed by atoms with van der Waals surface area (Å²) in [4.78, 5) is 27.2. The molecule has 1 heterocycles. The van der Waals surface area contributed by atoms with E-state index >= 15 is 0 Å². The summed E-state index contributed by atoms with van der Waals surface area (Å²) in [6.07, 6.45) is 1.32. The van der Waals surface area contributed by atoms with Crippen LogP contribution in [0.4, 0.5) is 0 Å². The summed E-state index contributed by atoms with van der Waals surface area (Å²) in [5, 5.41) is 3.01. The van der Waals surface area contributed by atoms with Crippen LogP contribution >= 0.6 is 0 Å². The van der Waals surface area contributed by atoms with Gasteiger partial charge in [-0.05, 0) is 24.8 Å². The van der Waals surface area contributed by atoms with E-state index in [2.05, 4.69) is 36.5 Å². The van der Waals surface area contributed by atoms with Gasteiger partial charge in [-0.25, -0.2) is 0 Å². The predicted octanol–water partition coefficient (Wildman–Crippen LogP) is 2.74. The molecule has 2 atom stereocenters. The van der Waals surface area contributed by atoms with Crippen molar-refractivity contribution in [2.24, 2.45) is 11.8 Å². The highest BCUT2D eigenvalue weighted by Crippen LogP contribution is 2.33. The number of aryl methyl sites for hydroxylation is 1. The summed E-state index contributed by atoms with van der Waals surface area (Å²) in [5.41, 5.74) is 2.33. The highest BCUT2D eigenvalue weighted by Gasteiger charge is 2.40. The predicted molar refractivity (Wildman–Crippen MR) is 103 cm³/mol. The number of methoxy groups -OCH3 is 1. The number of amides is 2. The number of nitrogens with zero attached hydrogens (tertiary/aromatic N) is 1. The molecule has 2 amide bonds. The number of carbonyl (C=O) groups is 2. The summed E-state index contributed by atoms with van der Waals surface area (Å²) in [6.45, 7) is 8.49. The van der Waals surface area contributed by atoms with Gasteiger partial charge in [0, 0.05) is 45.7 Å². The molecule has 26 heavy (non-hydrogen) atoms. The molecule has 0 bridgehead atoms. The number of carbonyl (C=O) groups excluding carboxylic acids is 2. The van der Waals surface area contributed by atoms with Gasteiger partial charge >= 0.3 is 0 Å². The van der Waals surface area contributed by atoms with Crippen LogP contribution in [0.5, 0.6) is 0 Å². The van der Waals surface area contributed by atoms with Crippen molar-refractivity contribution in [2.75, 3.05) is 33.4 Å². The van der Waals surface area contributed by atoms with Crippen LogP contribution in [0.1, 0.15) is 43.7 Å². The zero-order valence-electron chi connectivity index (χ0n) is 16.5. The normalized spacial score (nSPS) is 19.8. The molecular formula is C21H32N2O3. The quantitative estimate of drug-likeness (QED) is 0.725. The summed E-state index contributed by atoms with van der Waals surface area (Å²) in [7, 11) is 1.66. The zero-order valence-corrected chi connectivity index (χ0v) is 16.5. The van der Waals surface area contributed by atoms with Gasteiger partial charge in [-0.3, -0.25) is 9.59 Å². The maximum atomic E-state index is 12.8. The third-order valence-corrected chi connectivity index (χ3v) is 4.92. The first kappa shape index (κ1) is 20.4. The van der Waals surface area contributed by atoms with Crippen LogP contribution in [-0.2, 0) is 14.3 Å². The Balaban J connectivity index is 2.10. The maximum absolute atomic E-state index is 12.8. The molecule has 1 aromatic carbocycles. The van der Waals surface area contributed by atoms with Crippen LogP contribution in [0, 0.1) is 18.8 Å². The van der Waals surface area contributed by atoms with Gasteiger partial charge in [0.1, 0.15) is 0 Å². The summed E-state index contributed by atoms with van der Waals surface area (Å²) >= 11 is 0. The molecule has 1 aliphatic heterocycles. The Morgan fingerprint density at radius 2 is 1.92 bits per heavy atom. The molecule has 5 nitrogen and oxygen atoms in total. The molecule has 1 aliphatic rings. The van der Waals surface area contributed by atoms with E-state index in [0.29, 0.717) is 38.6 Å². The van der Waals surface area contributed by atoms with Crippen LogP contribution in [0.15, 0.2) is 24.3 Å². The minimum Gasteiger partial charge on any atom is -0.385 e. The van der Waals surface area contributed by atoms with Gasteiger partial charge in [0.25, 0.3) is 0 Å². The summed E-state index contributed by atoms with van der Waals surface area (Å²) in [5.74, 6) is 0.353. The lowest BCUT2D eigenvalue weighted by molar-refractivity contribution is -0.131. The number of nitrogens with one attached hydrogen (secondary N) is 1. The van der Waals surface area contributed by atoms with E-state index in [9.17, 15) is 9.59 Å². The molecule has 0 aliphatic carbocycles. The lowest BCUT2D eigenvalue weighted by atomic mass is 9.88. The van der Waals surface area contributed by atoms with Crippen LogP contribution in [0.2, 0.25) is 0 Å². The van der Waals surface area contributed by atoms with Crippen LogP contribution in [0.3, 0.4) is 0 Å². The lowest BCUT2D eigenvalue weighted by Gasteiger charge is -2.18. The van der Waals surface area contributed by atoms with Crippen LogP contribution < -0.4 is 5.32 Å². The lowest BCUT2D eigenvalue weighted by Crippen LogP contribution is -2.36. The average molecular weight is 360 g/mol. The molecule has 0 unspecified atom stereocenters. The topological polar surface area (TPSA) is 58.6 Å². The van der Waals surface area contributed by atoms with Gasteiger partial charge < -0.3 is 15.0 Å². The second kappa shape index (κ2) is 9.72. The zero-order chi connectivity index (χ0) is 19.1. The van der Waals surface area contributed by atoms with Crippen molar-refractivity contribution in [3.8, 4) is 0 Å². The van der Waals surface area contributed by atoms with E-state index in [0.717, 1.165) is 12.0 Å². The minimum atomic E-state index is -0.198. The third-order valence-electron chi connectivity index (χ3n) is 4.92. The number of rotatable bonds is 8. The number of benzene rings is 1. The Hall–Kier alpha value is -1.88. The number of hydrogen-bond acceptors (Lipinski definition) is 3. The second-order valence-corrected chi connectivity index (χ2v) is 7.66. The van der Waals surface area contributed by atoms with E-state index in [-0.39, 0.29) is 23.7 Å². The Morgan fingerprint density at radius 1 is 1.23 bits per heavy atom. The van der Waals surface area contributed by atoms with E-state index in [1.54, 1.807) is 7.11 Å². The van der Waals surface area contributed by atoms with E-state index < -0.39 is 0 Å². The molecule has 0 radical (unpaired) electrons. The van der Waals surface area contributed by atoms with Gasteiger partial charge in [-0.1, -0.05) is 43.7 Å². The van der Waals surface area contributed by atoms with E-state index in [1.807, 2.05) is 18.7 Å². The fraction of sp³-hybridized carbons (Fsp3) is 0.619. The van der Waals surface area contributed by atoms with Gasteiger partial charge in [-0.2, -0.15) is 0 Å². The van der Waals surface area contributed by atoms with Crippen molar-refractivity contribution >= 4 is 11.8 Å². The molecule has 144 valence electrons. The molecule has 0 spiro atoms. The number of hydrogen-bond donors (Lipinski definition) is 1. The van der Waals surface area contributed by atoms with E-state index in [1.165, 1.54) is 5.56 Å². The molecule has 1 N–H and O–H groups in total. The molecule has 1 aromatic rings. The van der Waals surface area contributed by atoms with Crippen molar-refractivity contribution in [2.45, 2.75) is 39.5 Å². The van der Waals surface area contributed by atoms with Crippen molar-refractivity contribution in [3.63, 3.8) is 0 Å². The SMILES string of the molecule is COCCCNC(=O)[C@@H]1CN(C(=O)CC(C)C)C[C@@H]1c1ccc(C)cc1. The highest BCUT2D eigenvalue weighted by molar-refractivity contribution is 5.83. The standard InChI is InChI=1S/C21H32N2O3/c1-15(2)12-20(24)23-13-18(17-8-6-16(3)7-9-17)19(14-23)21(25)22-10-5-11-26-4/h6-9,15,18-19H,5,10-14H2,1-4H3,(H,22,25)/t18-,19-/m1/s1. The third kappa shape index (κ3) is 5.56. The van der Waals surface area contributed by atoms with Gasteiger partial charge in [-0.15, -0.1) is 0 Å². The molecule has 5 heteroatoms. The van der Waals surface area contributed by atoms with Crippen molar-refractivity contribution in [1.82, 2.24) is 10.2 Å². The summed E-state index contributed by atoms with van der Waals surface area (Å²) in [6, 6.07) is 8.31. The monoisotopic (exact) mass is 360 g/mol. The second-order valence-electron chi connectivity index (χ2n) is 7.66. The van der Waals surface area contributed by atoms with Crippen molar-refractivity contribution < 1.29 is 14.3 Å². The molecule has 0 aromatic heterocycles. The highest BCUT2D eigenvalue weighted by atomic mass is 16.5. The smallest absolute Gasteiger partial charge is 0.225 e. The van der Waals surface area contributed by atoms with Crippen LogP contribution in [0.25, 0.3) is 0 Å². The fourth-order valence-corrected chi connectivity index (χ4v) is 3.46. The Kier molecular flexibility index (Phi) is 7.64. The first-order valence-corrected chi connectivity index (χ1v) is 9.53. The first-order valence-electron chi connectivity index (χ1n) is 9.53. The Labute approximate surface area is 157 Å². The molecule has 1 fully saturated rings. The van der Waals surface area contributed by atoms with Gasteiger partial charge in [0.15, 0.2) is 0 Å². The average Bonchev–Trinajstić information content (AvgIpc) is 3.04. The first-order chi connectivity index (χ1) is 12.4. The fourth-order valence-electron chi connectivity index (χ4n) is 3.46. The largest absolute Gasteiger partial charge is 0.385 e. The minimum absolute atomic E-state index is 0.0338. The Bertz CT molecular complexity index is 598. The molecular weight excluding hydrogens is 328 g/mol.